The third-order valence-corrected chi connectivity index (χ3v) is 12.4. The van der Waals surface area contributed by atoms with Crippen molar-refractivity contribution in [3.63, 3.8) is 0 Å². The molecule has 0 aliphatic rings. The predicted molar refractivity (Wildman–Crippen MR) is 180 cm³/mol. The number of rotatable bonds is 30. The van der Waals surface area contributed by atoms with E-state index in [9.17, 15) is 14.4 Å². The van der Waals surface area contributed by atoms with Gasteiger partial charge in [-0.05, 0) is 51.7 Å². The first-order chi connectivity index (χ1) is 21.8. The smallest absolute Gasteiger partial charge is 0.308 e. The van der Waals surface area contributed by atoms with Crippen LogP contribution >= 0.6 is 0 Å². The van der Waals surface area contributed by atoms with E-state index >= 15 is 0 Å². The number of carbonyl (C=O) groups excluding carboxylic acids is 3. The van der Waals surface area contributed by atoms with Crippen molar-refractivity contribution in [1.29, 1.82) is 0 Å². The summed E-state index contributed by atoms with van der Waals surface area (Å²) in [5.41, 5.74) is -0.720. The van der Waals surface area contributed by atoms with Crippen LogP contribution in [0, 0.1) is 5.41 Å². The Morgan fingerprint density at radius 3 is 1.17 bits per heavy atom. The number of unbranched alkanes of at least 4 members (excludes halogenated alkanes) is 5. The summed E-state index contributed by atoms with van der Waals surface area (Å²) in [7, 11) is -1.67. The zero-order valence-electron chi connectivity index (χ0n) is 30.3. The molecule has 0 bridgehead atoms. The van der Waals surface area contributed by atoms with Gasteiger partial charge in [0.15, 0.2) is 8.32 Å². The summed E-state index contributed by atoms with van der Waals surface area (Å²) in [6, 6.07) is 0. The molecular formula is C34H66O11Si. The van der Waals surface area contributed by atoms with Gasteiger partial charge in [-0.25, -0.2) is 0 Å². The average Bonchev–Trinajstić information content (AvgIpc) is 2.98. The van der Waals surface area contributed by atoms with Gasteiger partial charge in [0.2, 0.25) is 0 Å². The second kappa shape index (κ2) is 26.4. The zero-order valence-corrected chi connectivity index (χ0v) is 31.3. The number of hydrogen-bond donors (Lipinski definition) is 0. The second-order valence-corrected chi connectivity index (χ2v) is 17.9. The minimum absolute atomic E-state index is 0.126. The Balaban J connectivity index is 4.93. The van der Waals surface area contributed by atoms with Crippen LogP contribution in [0.4, 0.5) is 0 Å². The summed E-state index contributed by atoms with van der Waals surface area (Å²) in [5.74, 6) is -0.989. The summed E-state index contributed by atoms with van der Waals surface area (Å²) < 4.78 is 45.1. The van der Waals surface area contributed by atoms with E-state index in [1.807, 2.05) is 0 Å². The Morgan fingerprint density at radius 1 is 0.500 bits per heavy atom. The molecular weight excluding hydrogens is 612 g/mol. The van der Waals surface area contributed by atoms with E-state index in [1.54, 1.807) is 20.8 Å². The molecule has 12 heteroatoms. The lowest BCUT2D eigenvalue weighted by molar-refractivity contribution is -0.147. The standard InChI is InChI=1S/C34H66O11Si/c1-9-42-30(35)18-23-39-27-34(28-40-24-19-31(36)43-10-2,29-41-25-20-32(37)44-11-3)26-38-21-16-14-12-13-15-17-22-45-46(7,8)33(4,5)6/h9-29H2,1-8H3. The Kier molecular flexibility index (Phi) is 25.5. The van der Waals surface area contributed by atoms with E-state index < -0.39 is 13.7 Å². The van der Waals surface area contributed by atoms with Crippen molar-refractivity contribution < 1.29 is 52.0 Å². The Hall–Kier alpha value is -1.57. The van der Waals surface area contributed by atoms with Gasteiger partial charge in [0.25, 0.3) is 0 Å². The molecule has 0 atom stereocenters. The molecule has 0 rings (SSSR count). The molecule has 0 N–H and O–H groups in total. The molecule has 0 aromatic heterocycles. The summed E-state index contributed by atoms with van der Waals surface area (Å²) in [5, 5.41) is 0.239. The third-order valence-electron chi connectivity index (χ3n) is 7.85. The highest BCUT2D eigenvalue weighted by molar-refractivity contribution is 6.74. The molecule has 272 valence electrons. The van der Waals surface area contributed by atoms with Gasteiger partial charge in [0.1, 0.15) is 0 Å². The van der Waals surface area contributed by atoms with Gasteiger partial charge >= 0.3 is 17.9 Å². The molecule has 0 spiro atoms. The molecule has 0 aromatic rings. The fourth-order valence-electron chi connectivity index (χ4n) is 4.13. The summed E-state index contributed by atoms with van der Waals surface area (Å²) >= 11 is 0. The molecule has 11 nitrogen and oxygen atoms in total. The molecule has 0 amide bonds. The van der Waals surface area contributed by atoms with E-state index in [-0.39, 0.29) is 88.5 Å². The lowest BCUT2D eigenvalue weighted by Gasteiger charge is -2.36. The van der Waals surface area contributed by atoms with Crippen LogP contribution < -0.4 is 0 Å². The van der Waals surface area contributed by atoms with Crippen LogP contribution in [-0.4, -0.2) is 106 Å². The fourth-order valence-corrected chi connectivity index (χ4v) is 5.22. The van der Waals surface area contributed by atoms with Gasteiger partial charge in [-0.3, -0.25) is 14.4 Å². The Bertz CT molecular complexity index is 734. The topological polar surface area (TPSA) is 125 Å². The van der Waals surface area contributed by atoms with Gasteiger partial charge in [0.05, 0.1) is 90.7 Å². The van der Waals surface area contributed by atoms with Crippen molar-refractivity contribution in [3.8, 4) is 0 Å². The highest BCUT2D eigenvalue weighted by Gasteiger charge is 2.37. The maximum Gasteiger partial charge on any atom is 0.308 e. The van der Waals surface area contributed by atoms with Crippen molar-refractivity contribution >= 4 is 26.2 Å². The van der Waals surface area contributed by atoms with Crippen molar-refractivity contribution in [1.82, 2.24) is 0 Å². The van der Waals surface area contributed by atoms with Crippen LogP contribution in [0.25, 0.3) is 0 Å². The zero-order chi connectivity index (χ0) is 34.7. The Labute approximate surface area is 280 Å². The molecule has 0 aliphatic carbocycles. The SMILES string of the molecule is CCOC(=O)CCOCC(COCCCCCCCCO[Si](C)(C)C(C)(C)C)(COCCC(=O)OCC)COCCC(=O)OCC. The van der Waals surface area contributed by atoms with Crippen LogP contribution in [0.2, 0.25) is 18.1 Å². The molecule has 0 saturated carbocycles. The lowest BCUT2D eigenvalue weighted by Crippen LogP contribution is -2.42. The number of ether oxygens (including phenoxy) is 7. The van der Waals surface area contributed by atoms with Gasteiger partial charge < -0.3 is 37.6 Å². The van der Waals surface area contributed by atoms with Gasteiger partial charge in [0, 0.05) is 13.2 Å². The van der Waals surface area contributed by atoms with Crippen molar-refractivity contribution in [2.75, 3.05) is 79.3 Å². The quantitative estimate of drug-likeness (QED) is 0.0370. The van der Waals surface area contributed by atoms with E-state index in [4.69, 9.17) is 37.6 Å². The van der Waals surface area contributed by atoms with Crippen LogP contribution in [-0.2, 0) is 52.0 Å². The molecule has 0 fully saturated rings. The minimum atomic E-state index is -1.67. The molecule has 0 radical (unpaired) electrons. The van der Waals surface area contributed by atoms with Crippen molar-refractivity contribution in [3.05, 3.63) is 0 Å². The molecule has 0 heterocycles. The largest absolute Gasteiger partial charge is 0.466 e. The fraction of sp³-hybridized carbons (Fsp3) is 0.912. The molecule has 0 aromatic carbocycles. The van der Waals surface area contributed by atoms with Crippen molar-refractivity contribution in [2.24, 2.45) is 5.41 Å². The monoisotopic (exact) mass is 678 g/mol. The summed E-state index contributed by atoms with van der Waals surface area (Å²) in [4.78, 5) is 35.4. The highest BCUT2D eigenvalue weighted by Crippen LogP contribution is 2.36. The number of carbonyl (C=O) groups is 3. The van der Waals surface area contributed by atoms with Crippen LogP contribution in [0.1, 0.15) is 99.3 Å². The minimum Gasteiger partial charge on any atom is -0.466 e. The summed E-state index contributed by atoms with van der Waals surface area (Å²) in [6.07, 6.45) is 6.93. The normalized spacial score (nSPS) is 12.3. The lowest BCUT2D eigenvalue weighted by atomic mass is 9.92. The van der Waals surface area contributed by atoms with E-state index in [2.05, 4.69) is 33.9 Å². The van der Waals surface area contributed by atoms with E-state index in [0.29, 0.717) is 26.4 Å². The van der Waals surface area contributed by atoms with E-state index in [0.717, 1.165) is 38.7 Å². The van der Waals surface area contributed by atoms with Crippen LogP contribution in [0.5, 0.6) is 0 Å². The first-order valence-corrected chi connectivity index (χ1v) is 20.1. The third kappa shape index (κ3) is 22.9. The molecule has 0 saturated heterocycles. The predicted octanol–water partition coefficient (Wildman–Crippen LogP) is 6.26. The van der Waals surface area contributed by atoms with Crippen LogP contribution in [0.3, 0.4) is 0 Å². The van der Waals surface area contributed by atoms with Crippen LogP contribution in [0.15, 0.2) is 0 Å². The van der Waals surface area contributed by atoms with Gasteiger partial charge in [-0.1, -0.05) is 46.5 Å². The highest BCUT2D eigenvalue weighted by atomic mass is 28.4. The number of hydrogen-bond acceptors (Lipinski definition) is 11. The summed E-state index contributed by atoms with van der Waals surface area (Å²) in [6.45, 7) is 20.4. The first-order valence-electron chi connectivity index (χ1n) is 17.2. The number of esters is 3. The average molecular weight is 679 g/mol. The second-order valence-electron chi connectivity index (χ2n) is 13.1. The molecule has 0 unspecified atom stereocenters. The van der Waals surface area contributed by atoms with Crippen molar-refractivity contribution in [2.45, 2.75) is 117 Å². The van der Waals surface area contributed by atoms with E-state index in [1.165, 1.54) is 6.42 Å². The Morgan fingerprint density at radius 2 is 0.826 bits per heavy atom. The molecule has 0 aliphatic heterocycles. The maximum absolute atomic E-state index is 11.8. The first kappa shape index (κ1) is 44.4. The van der Waals surface area contributed by atoms with Gasteiger partial charge in [-0.15, -0.1) is 0 Å². The maximum atomic E-state index is 11.8. The molecule has 46 heavy (non-hydrogen) atoms. The van der Waals surface area contributed by atoms with Gasteiger partial charge in [-0.2, -0.15) is 0 Å².